The molecule has 11 heavy (non-hydrogen) atoms. The van der Waals surface area contributed by atoms with Crippen LogP contribution in [0.4, 0.5) is 0 Å². The molecule has 0 atom stereocenters. The zero-order chi connectivity index (χ0) is 8.27. The summed E-state index contributed by atoms with van der Waals surface area (Å²) in [6, 6.07) is 0. The topological polar surface area (TPSA) is 36.4 Å². The van der Waals surface area contributed by atoms with Crippen LogP contribution in [-0.2, 0) is 0 Å². The van der Waals surface area contributed by atoms with Gasteiger partial charge in [0, 0.05) is 6.08 Å². The Morgan fingerprint density at radius 3 is 2.82 bits per heavy atom. The molecule has 2 nitrogen and oxygen atoms in total. The Balaban J connectivity index is 2.80. The van der Waals surface area contributed by atoms with Crippen molar-refractivity contribution >= 4 is 34.2 Å². The van der Waals surface area contributed by atoms with E-state index in [1.807, 2.05) is 6.08 Å². The van der Waals surface area contributed by atoms with Crippen molar-refractivity contribution in [3.8, 4) is 0 Å². The molecular formula is C6H5BCl2N2. The highest BCUT2D eigenvalue weighted by atomic mass is 35.5. The quantitative estimate of drug-likeness (QED) is 0.342. The second kappa shape index (κ2) is 3.77. The molecule has 1 rings (SSSR count). The normalized spacial score (nSPS) is 15.8. The summed E-state index contributed by atoms with van der Waals surface area (Å²) in [5.74, 6) is 0. The minimum atomic E-state index is -0.517. The second-order valence-electron chi connectivity index (χ2n) is 2.17. The molecule has 0 N–H and O–H groups in total. The van der Waals surface area contributed by atoms with Crippen LogP contribution in [0.5, 0.6) is 0 Å². The fourth-order valence-electron chi connectivity index (χ4n) is 0.828. The van der Waals surface area contributed by atoms with Crippen molar-refractivity contribution < 1.29 is 4.79 Å². The monoisotopic (exact) mass is 186 g/mol. The van der Waals surface area contributed by atoms with Gasteiger partial charge in [0.15, 0.2) is 0 Å². The van der Waals surface area contributed by atoms with Crippen molar-refractivity contribution in [2.75, 3.05) is 0 Å². The van der Waals surface area contributed by atoms with Gasteiger partial charge >= 0.3 is 5.54 Å². The number of halogens is 2. The van der Waals surface area contributed by atoms with Gasteiger partial charge in [-0.1, -0.05) is 17.6 Å². The summed E-state index contributed by atoms with van der Waals surface area (Å²) in [6.07, 6.45) is 5.80. The summed E-state index contributed by atoms with van der Waals surface area (Å²) < 4.78 is 0. The van der Waals surface area contributed by atoms with Gasteiger partial charge in [-0.15, -0.1) is 0 Å². The highest BCUT2D eigenvalue weighted by molar-refractivity contribution is 7.37. The minimum absolute atomic E-state index is 0.517. The van der Waals surface area contributed by atoms with E-state index in [1.54, 1.807) is 12.2 Å². The molecular weight excluding hydrogens is 182 g/mol. The van der Waals surface area contributed by atoms with Crippen molar-refractivity contribution in [1.29, 1.82) is 0 Å². The number of allylic oxidation sites excluding steroid dienone is 4. The first-order chi connectivity index (χ1) is 5.24. The van der Waals surface area contributed by atoms with Crippen LogP contribution < -0.4 is 0 Å². The zero-order valence-electron chi connectivity index (χ0n) is 5.67. The van der Waals surface area contributed by atoms with E-state index in [0.29, 0.717) is 12.1 Å². The molecule has 0 aromatic rings. The molecule has 1 aliphatic rings. The molecule has 56 valence electrons. The summed E-state index contributed by atoms with van der Waals surface area (Å²) in [6.45, 7) is 0. The maximum atomic E-state index is 8.41. The van der Waals surface area contributed by atoms with Gasteiger partial charge in [-0.25, -0.2) is 0 Å². The van der Waals surface area contributed by atoms with Gasteiger partial charge in [-0.05, 0) is 0 Å². The molecule has 0 saturated heterocycles. The van der Waals surface area contributed by atoms with Crippen molar-refractivity contribution in [2.45, 2.75) is 6.42 Å². The second-order valence-corrected chi connectivity index (χ2v) is 3.27. The molecule has 0 bridgehead atoms. The molecule has 0 fully saturated rings. The molecule has 0 aliphatic heterocycles. The van der Waals surface area contributed by atoms with E-state index in [1.165, 1.54) is 0 Å². The summed E-state index contributed by atoms with van der Waals surface area (Å²) in [7, 11) is 0. The molecule has 0 saturated carbocycles. The Kier molecular flexibility index (Phi) is 2.95. The Morgan fingerprint density at radius 1 is 1.55 bits per heavy atom. The van der Waals surface area contributed by atoms with E-state index < -0.39 is 5.54 Å². The number of hydrogen-bond donors (Lipinski definition) is 0. The van der Waals surface area contributed by atoms with Crippen LogP contribution in [0.3, 0.4) is 0 Å². The minimum Gasteiger partial charge on any atom is -0.361 e. The lowest BCUT2D eigenvalue weighted by molar-refractivity contribution is -0.00546. The van der Waals surface area contributed by atoms with Crippen LogP contribution in [0.25, 0.3) is 5.53 Å². The third-order valence-electron chi connectivity index (χ3n) is 1.39. The first-order valence-corrected chi connectivity index (χ1v) is 3.97. The van der Waals surface area contributed by atoms with Crippen molar-refractivity contribution in [3.05, 3.63) is 29.2 Å². The Bertz CT molecular complexity index is 264. The molecule has 0 spiro atoms. The van der Waals surface area contributed by atoms with E-state index >= 15 is 0 Å². The lowest BCUT2D eigenvalue weighted by Crippen LogP contribution is -2.09. The average Bonchev–Trinajstić information content (AvgIpc) is 2.05. The van der Waals surface area contributed by atoms with Crippen LogP contribution in [0, 0.1) is 0 Å². The smallest absolute Gasteiger partial charge is 0.361 e. The Hall–Kier alpha value is -0.495. The molecule has 0 radical (unpaired) electrons. The Labute approximate surface area is 75.0 Å². The molecule has 1 aliphatic carbocycles. The summed E-state index contributed by atoms with van der Waals surface area (Å²) >= 11 is 11.2. The van der Waals surface area contributed by atoms with Gasteiger partial charge in [-0.3, -0.25) is 0 Å². The molecule has 0 amide bonds. The third-order valence-corrected chi connectivity index (χ3v) is 1.95. The van der Waals surface area contributed by atoms with E-state index in [9.17, 15) is 0 Å². The average molecular weight is 187 g/mol. The van der Waals surface area contributed by atoms with Crippen molar-refractivity contribution in [3.63, 3.8) is 0 Å². The highest BCUT2D eigenvalue weighted by Gasteiger charge is 2.19. The Morgan fingerprint density at radius 2 is 2.27 bits per heavy atom. The molecule has 0 unspecified atom stereocenters. The van der Waals surface area contributed by atoms with Crippen molar-refractivity contribution in [2.24, 2.45) is 0 Å². The standard InChI is InChI=1S/C6H5BCl2N2/c8-7(9)5-2-1-3-6(4-5)11-10/h1-3H,4H2. The van der Waals surface area contributed by atoms with Crippen LogP contribution in [0.2, 0.25) is 0 Å². The summed E-state index contributed by atoms with van der Waals surface area (Å²) in [5.41, 5.74) is 9.33. The van der Waals surface area contributed by atoms with Crippen LogP contribution >= 0.6 is 22.9 Å². The molecule has 5 heteroatoms. The number of rotatable bonds is 1. The zero-order valence-corrected chi connectivity index (χ0v) is 7.18. The summed E-state index contributed by atoms with van der Waals surface area (Å²) in [4.78, 5) is 3.05. The van der Waals surface area contributed by atoms with Crippen molar-refractivity contribution in [1.82, 2.24) is 0 Å². The van der Waals surface area contributed by atoms with Gasteiger partial charge in [0.2, 0.25) is 0 Å². The lowest BCUT2D eigenvalue weighted by Gasteiger charge is -2.02. The van der Waals surface area contributed by atoms with Gasteiger partial charge in [-0.2, -0.15) is 27.7 Å². The van der Waals surface area contributed by atoms with Crippen LogP contribution in [-0.4, -0.2) is 16.0 Å². The van der Waals surface area contributed by atoms with Gasteiger partial charge < -0.3 is 5.53 Å². The predicted molar refractivity (Wildman–Crippen MR) is 47.9 cm³/mol. The predicted octanol–water partition coefficient (Wildman–Crippen LogP) is 2.05. The lowest BCUT2D eigenvalue weighted by atomic mass is 9.85. The van der Waals surface area contributed by atoms with E-state index in [-0.39, 0.29) is 0 Å². The van der Waals surface area contributed by atoms with E-state index in [0.717, 1.165) is 5.47 Å². The fourth-order valence-corrected chi connectivity index (χ4v) is 1.13. The number of nitrogens with zero attached hydrogens (tertiary/aromatic N) is 2. The highest BCUT2D eigenvalue weighted by Crippen LogP contribution is 2.17. The van der Waals surface area contributed by atoms with E-state index in [2.05, 4.69) is 4.79 Å². The van der Waals surface area contributed by atoms with Gasteiger partial charge in [0.25, 0.3) is 5.71 Å². The molecule has 0 aromatic heterocycles. The van der Waals surface area contributed by atoms with Gasteiger partial charge in [0.05, 0.1) is 6.42 Å². The number of hydrogen-bond acceptors (Lipinski definition) is 0. The fraction of sp³-hybridized carbons (Fsp3) is 0.167. The van der Waals surface area contributed by atoms with Crippen LogP contribution in [0.15, 0.2) is 23.7 Å². The van der Waals surface area contributed by atoms with Crippen LogP contribution in [0.1, 0.15) is 6.42 Å². The maximum absolute atomic E-state index is 8.41. The largest absolute Gasteiger partial charge is 0.379 e. The van der Waals surface area contributed by atoms with E-state index in [4.69, 9.17) is 28.5 Å². The molecule has 0 heterocycles. The van der Waals surface area contributed by atoms with Gasteiger partial charge in [0.1, 0.15) is 0 Å². The summed E-state index contributed by atoms with van der Waals surface area (Å²) in [5, 5.41) is 0. The third kappa shape index (κ3) is 2.23. The first kappa shape index (κ1) is 8.60. The maximum Gasteiger partial charge on any atom is 0.379 e. The molecule has 0 aromatic carbocycles. The SMILES string of the molecule is [N-]=[N+]=C1C=CC=C(B(Cl)Cl)C1. The first-order valence-electron chi connectivity index (χ1n) is 3.10.